The number of carbonyl (C=O) groups is 2. The zero-order valence-electron chi connectivity index (χ0n) is 14.5. The number of fused-ring (bicyclic) bond motifs is 2. The van der Waals surface area contributed by atoms with Crippen molar-refractivity contribution in [3.8, 4) is 11.5 Å². The van der Waals surface area contributed by atoms with Crippen LogP contribution in [0.15, 0.2) is 66.7 Å². The fraction of sp³-hybridized carbons (Fsp3) is 0.0909. The van der Waals surface area contributed by atoms with Crippen LogP contribution >= 0.6 is 23.2 Å². The average Bonchev–Trinajstić information content (AvgIpc) is 2.71. The molecule has 0 aromatic heterocycles. The number of hydrogen-bond acceptors (Lipinski definition) is 4. The lowest BCUT2D eigenvalue weighted by Gasteiger charge is -2.26. The predicted molar refractivity (Wildman–Crippen MR) is 107 cm³/mol. The summed E-state index contributed by atoms with van der Waals surface area (Å²) in [5, 5.41) is 0.638. The minimum atomic E-state index is -0.677. The van der Waals surface area contributed by atoms with E-state index in [2.05, 4.69) is 0 Å². The van der Waals surface area contributed by atoms with Gasteiger partial charge in [0, 0.05) is 21.7 Å². The van der Waals surface area contributed by atoms with Crippen molar-refractivity contribution < 1.29 is 19.1 Å². The number of ether oxygens (including phenoxy) is 2. The zero-order valence-corrected chi connectivity index (χ0v) is 16.0. The van der Waals surface area contributed by atoms with Gasteiger partial charge in [0.1, 0.15) is 17.4 Å². The number of rotatable bonds is 4. The molecular formula is C22H14Cl2O4. The maximum Gasteiger partial charge on any atom is 0.318 e. The van der Waals surface area contributed by atoms with E-state index in [1.807, 2.05) is 36.4 Å². The summed E-state index contributed by atoms with van der Waals surface area (Å²) >= 11 is 12.0. The Balaban J connectivity index is 1.59. The van der Waals surface area contributed by atoms with Gasteiger partial charge in [-0.1, -0.05) is 59.6 Å². The molecule has 0 radical (unpaired) electrons. The van der Waals surface area contributed by atoms with Crippen LogP contribution in [0.1, 0.15) is 27.4 Å². The van der Waals surface area contributed by atoms with Gasteiger partial charge in [0.05, 0.1) is 5.02 Å². The summed E-state index contributed by atoms with van der Waals surface area (Å²) in [6.45, 7) is -0.430. The van der Waals surface area contributed by atoms with E-state index in [-0.39, 0.29) is 10.6 Å². The van der Waals surface area contributed by atoms with E-state index >= 15 is 0 Å². The van der Waals surface area contributed by atoms with Crippen molar-refractivity contribution >= 4 is 35.0 Å². The van der Waals surface area contributed by atoms with Crippen molar-refractivity contribution in [3.63, 3.8) is 0 Å². The van der Waals surface area contributed by atoms with Crippen LogP contribution in [0.2, 0.25) is 10.0 Å². The second-order valence-electron chi connectivity index (χ2n) is 6.27. The van der Waals surface area contributed by atoms with E-state index < -0.39 is 24.3 Å². The maximum absolute atomic E-state index is 12.9. The number of esters is 1. The van der Waals surface area contributed by atoms with Crippen molar-refractivity contribution in [3.05, 3.63) is 93.5 Å². The van der Waals surface area contributed by atoms with Gasteiger partial charge in [0.15, 0.2) is 6.61 Å². The standard InChI is InChI=1S/C22H14Cl2O4/c23-13-9-10-17(24)16(11-13)18(25)12-27-22(26)21-14-5-1-3-7-19(14)28-20-8-4-2-6-15(20)21/h1-11,21H,12H2. The fourth-order valence-electron chi connectivity index (χ4n) is 3.17. The molecule has 28 heavy (non-hydrogen) atoms. The van der Waals surface area contributed by atoms with Gasteiger partial charge in [0.25, 0.3) is 0 Å². The summed E-state index contributed by atoms with van der Waals surface area (Å²) in [5.74, 6) is -0.451. The number of halogens is 2. The van der Waals surface area contributed by atoms with Crippen LogP contribution in [-0.4, -0.2) is 18.4 Å². The third-order valence-corrected chi connectivity index (χ3v) is 5.05. The Morgan fingerprint density at radius 1 is 0.893 bits per heavy atom. The lowest BCUT2D eigenvalue weighted by Crippen LogP contribution is -2.23. The molecule has 1 heterocycles. The third kappa shape index (κ3) is 3.49. The molecule has 4 nitrogen and oxygen atoms in total. The predicted octanol–water partition coefficient (Wildman–Crippen LogP) is 5.66. The quantitative estimate of drug-likeness (QED) is 0.409. The first kappa shape index (κ1) is 18.5. The molecule has 1 aliphatic rings. The first-order chi connectivity index (χ1) is 13.5. The summed E-state index contributed by atoms with van der Waals surface area (Å²) in [4.78, 5) is 25.4. The van der Waals surface area contributed by atoms with Crippen LogP contribution in [0.25, 0.3) is 0 Å². The van der Waals surface area contributed by atoms with Gasteiger partial charge < -0.3 is 9.47 Å². The molecule has 3 aromatic rings. The van der Waals surface area contributed by atoms with Crippen molar-refractivity contribution in [1.82, 2.24) is 0 Å². The average molecular weight is 413 g/mol. The molecule has 140 valence electrons. The number of Topliss-reactive ketones (excluding diaryl/α,β-unsaturated/α-hetero) is 1. The molecule has 0 amide bonds. The summed E-state index contributed by atoms with van der Waals surface area (Å²) in [5.41, 5.74) is 1.61. The lowest BCUT2D eigenvalue weighted by atomic mass is 9.88. The molecule has 0 saturated heterocycles. The molecule has 1 aliphatic heterocycles. The number of carbonyl (C=O) groups excluding carboxylic acids is 2. The molecule has 0 N–H and O–H groups in total. The molecular weight excluding hydrogens is 399 g/mol. The smallest absolute Gasteiger partial charge is 0.318 e. The number of ketones is 1. The highest BCUT2D eigenvalue weighted by Crippen LogP contribution is 2.44. The van der Waals surface area contributed by atoms with Crippen LogP contribution in [0.5, 0.6) is 11.5 Å². The summed E-state index contributed by atoms with van der Waals surface area (Å²) in [6.07, 6.45) is 0. The molecule has 0 spiro atoms. The van der Waals surface area contributed by atoms with E-state index in [0.29, 0.717) is 27.6 Å². The fourth-order valence-corrected chi connectivity index (χ4v) is 3.57. The molecule has 4 rings (SSSR count). The largest absolute Gasteiger partial charge is 0.457 e. The lowest BCUT2D eigenvalue weighted by molar-refractivity contribution is -0.143. The molecule has 0 unspecified atom stereocenters. The highest BCUT2D eigenvalue weighted by Gasteiger charge is 2.34. The normalized spacial score (nSPS) is 12.5. The Labute approximate surface area is 171 Å². The molecule has 0 fully saturated rings. The maximum atomic E-state index is 12.9. The number of hydrogen-bond donors (Lipinski definition) is 0. The summed E-state index contributed by atoms with van der Waals surface area (Å²) in [7, 11) is 0. The zero-order chi connectivity index (χ0) is 19.7. The molecule has 0 bridgehead atoms. The Hall–Kier alpha value is -2.82. The van der Waals surface area contributed by atoms with Gasteiger partial charge in [-0.3, -0.25) is 9.59 Å². The first-order valence-corrected chi connectivity index (χ1v) is 9.31. The third-order valence-electron chi connectivity index (χ3n) is 4.49. The Bertz CT molecular complexity index is 1030. The molecule has 0 atom stereocenters. The highest BCUT2D eigenvalue weighted by molar-refractivity contribution is 6.36. The molecule has 0 saturated carbocycles. The minimum absolute atomic E-state index is 0.217. The second-order valence-corrected chi connectivity index (χ2v) is 7.11. The van der Waals surface area contributed by atoms with Gasteiger partial charge in [-0.15, -0.1) is 0 Å². The van der Waals surface area contributed by atoms with Crippen molar-refractivity contribution in [1.29, 1.82) is 0 Å². The van der Waals surface area contributed by atoms with Gasteiger partial charge in [0.2, 0.25) is 5.78 Å². The van der Waals surface area contributed by atoms with Crippen LogP contribution in [0.3, 0.4) is 0 Å². The van der Waals surface area contributed by atoms with Gasteiger partial charge >= 0.3 is 5.97 Å². The van der Waals surface area contributed by atoms with E-state index in [4.69, 9.17) is 32.7 Å². The van der Waals surface area contributed by atoms with E-state index in [0.717, 1.165) is 0 Å². The summed E-state index contributed by atoms with van der Waals surface area (Å²) < 4.78 is 11.2. The van der Waals surface area contributed by atoms with Crippen molar-refractivity contribution in [2.75, 3.05) is 6.61 Å². The van der Waals surface area contributed by atoms with Gasteiger partial charge in [-0.2, -0.15) is 0 Å². The number of para-hydroxylation sites is 2. The minimum Gasteiger partial charge on any atom is -0.457 e. The first-order valence-electron chi connectivity index (χ1n) is 8.55. The molecule has 3 aromatic carbocycles. The topological polar surface area (TPSA) is 52.6 Å². The molecule has 0 aliphatic carbocycles. The van der Waals surface area contributed by atoms with Crippen LogP contribution < -0.4 is 4.74 Å². The summed E-state index contributed by atoms with van der Waals surface area (Å²) in [6, 6.07) is 19.1. The van der Waals surface area contributed by atoms with Gasteiger partial charge in [-0.05, 0) is 30.3 Å². The second kappa shape index (κ2) is 7.66. The van der Waals surface area contributed by atoms with Crippen molar-refractivity contribution in [2.24, 2.45) is 0 Å². The van der Waals surface area contributed by atoms with E-state index in [1.165, 1.54) is 12.1 Å². The highest BCUT2D eigenvalue weighted by atomic mass is 35.5. The number of benzene rings is 3. The van der Waals surface area contributed by atoms with Crippen molar-refractivity contribution in [2.45, 2.75) is 5.92 Å². The monoisotopic (exact) mass is 412 g/mol. The SMILES string of the molecule is O=C(COC(=O)C1c2ccccc2Oc2ccccc21)c1cc(Cl)ccc1Cl. The van der Waals surface area contributed by atoms with Crippen LogP contribution in [0.4, 0.5) is 0 Å². The Morgan fingerprint density at radius 3 is 2.14 bits per heavy atom. The van der Waals surface area contributed by atoms with E-state index in [9.17, 15) is 9.59 Å². The van der Waals surface area contributed by atoms with E-state index in [1.54, 1.807) is 18.2 Å². The van der Waals surface area contributed by atoms with Crippen LogP contribution in [-0.2, 0) is 9.53 Å². The Morgan fingerprint density at radius 2 is 1.50 bits per heavy atom. The van der Waals surface area contributed by atoms with Gasteiger partial charge in [-0.25, -0.2) is 0 Å². The Kier molecular flexibility index (Phi) is 5.07. The van der Waals surface area contributed by atoms with Crippen LogP contribution in [0, 0.1) is 0 Å². The molecule has 6 heteroatoms.